The maximum Gasteiger partial charge on any atom is 0.246 e. The summed E-state index contributed by atoms with van der Waals surface area (Å²) in [6.45, 7) is 15.9. The molecule has 0 radical (unpaired) electrons. The molecular formula is C56H78N8O8. The summed E-state index contributed by atoms with van der Waals surface area (Å²) in [6, 6.07) is 11.0. The zero-order valence-electron chi connectivity index (χ0n) is 44.0. The number of carbonyl (C=O) groups is 6. The topological polar surface area (TPSA) is 200 Å². The van der Waals surface area contributed by atoms with Crippen molar-refractivity contribution in [2.45, 2.75) is 167 Å². The summed E-state index contributed by atoms with van der Waals surface area (Å²) in [4.78, 5) is 85.7. The number of nitrogens with one attached hydrogen (secondary N) is 6. The number of ether oxygens (including phenoxy) is 2. The fourth-order valence-electron chi connectivity index (χ4n) is 10.1. The Morgan fingerprint density at radius 3 is 1.33 bits per heavy atom. The number of hydrogen-bond donors (Lipinski definition) is 6. The lowest BCUT2D eigenvalue weighted by Gasteiger charge is -2.37. The van der Waals surface area contributed by atoms with Crippen molar-refractivity contribution in [2.24, 2.45) is 10.8 Å². The molecule has 390 valence electrons. The first-order valence-corrected chi connectivity index (χ1v) is 25.8. The van der Waals surface area contributed by atoms with Crippen molar-refractivity contribution in [3.63, 3.8) is 0 Å². The predicted molar refractivity (Wildman–Crippen MR) is 276 cm³/mol. The van der Waals surface area contributed by atoms with Crippen molar-refractivity contribution in [3.8, 4) is 23.7 Å². The Kier molecular flexibility index (Phi) is 19.1. The molecule has 0 aromatic heterocycles. The summed E-state index contributed by atoms with van der Waals surface area (Å²) in [5.74, 6) is 10.1. The van der Waals surface area contributed by atoms with E-state index in [1.165, 1.54) is 0 Å². The Balaban J connectivity index is 1.07. The number of rotatable bonds is 16. The molecular weight excluding hydrogens is 913 g/mol. The summed E-state index contributed by atoms with van der Waals surface area (Å²) in [5, 5.41) is 18.2. The number of fused-ring (bicyclic) bond motifs is 2. The van der Waals surface area contributed by atoms with Crippen molar-refractivity contribution < 1.29 is 38.2 Å². The molecule has 16 heteroatoms. The molecule has 2 saturated heterocycles. The maximum atomic E-state index is 14.2. The van der Waals surface area contributed by atoms with E-state index in [1.807, 2.05) is 77.9 Å². The highest BCUT2D eigenvalue weighted by atomic mass is 16.5. The van der Waals surface area contributed by atoms with Gasteiger partial charge in [-0.25, -0.2) is 0 Å². The minimum absolute atomic E-state index is 0.0763. The molecule has 0 spiro atoms. The van der Waals surface area contributed by atoms with Crippen LogP contribution in [-0.2, 0) is 51.1 Å². The molecule has 2 fully saturated rings. The van der Waals surface area contributed by atoms with Gasteiger partial charge in [-0.2, -0.15) is 0 Å². The van der Waals surface area contributed by atoms with Crippen molar-refractivity contribution >= 4 is 35.4 Å². The molecule has 0 saturated carbocycles. The van der Waals surface area contributed by atoms with Crippen LogP contribution in [0.5, 0.6) is 0 Å². The standard InChI is InChI=1S/C56H78N8O8/c1-35(57-9)49(65)61-47(55(3,4)5)53(69)63-31-19-25-41(63)51(67)59-45-39-23-15-13-21-37(39)27-29-43(45)71-33-17-11-12-18-34-72-44-30-28-38-22-14-16-24-40(38)46(44)60-52(68)42-26-20-32-64(42)54(70)48(56(6,7)8)62-50(66)36(2)58-10/h13-16,21-24,35-36,41-48,57-58H,19-20,25-34H2,1-10H3,(H,59,67)(H,60,68)(H,61,65)(H,62,66)/t35-,36-,41-,42-,43-,44-,45+,46+,47+,48+/m0/s1. The lowest BCUT2D eigenvalue weighted by Crippen LogP contribution is -2.59. The van der Waals surface area contributed by atoms with Crippen LogP contribution in [0.2, 0.25) is 0 Å². The molecule has 2 aromatic rings. The molecule has 72 heavy (non-hydrogen) atoms. The third kappa shape index (κ3) is 13.6. The number of likely N-dealkylation sites (tertiary alicyclic amines) is 2. The Bertz CT molecular complexity index is 2240. The fraction of sp³-hybridized carbons (Fsp3) is 0.607. The Hall–Kier alpha value is -5.78. The molecule has 0 bridgehead atoms. The van der Waals surface area contributed by atoms with Crippen LogP contribution in [0.15, 0.2) is 48.5 Å². The van der Waals surface area contributed by atoms with Crippen molar-refractivity contribution in [2.75, 3.05) is 40.4 Å². The van der Waals surface area contributed by atoms with E-state index in [1.54, 1.807) is 37.7 Å². The number of hydrogen-bond acceptors (Lipinski definition) is 10. The quantitative estimate of drug-likeness (QED) is 0.135. The Labute approximate surface area is 427 Å². The van der Waals surface area contributed by atoms with Gasteiger partial charge < -0.3 is 51.2 Å². The van der Waals surface area contributed by atoms with Gasteiger partial charge in [0.1, 0.15) is 37.4 Å². The van der Waals surface area contributed by atoms with Gasteiger partial charge in [0.05, 0.1) is 36.4 Å². The fourth-order valence-corrected chi connectivity index (χ4v) is 10.1. The number of carbonyl (C=O) groups excluding carboxylic acids is 6. The SMILES string of the molecule is CN[C@@H](C)C(=O)N[C@H](C(=O)N1CCC[C@H]1C(=O)N[C@@H]1c2ccccc2CC[C@@H]1OCC#CC#CCO[C@H]1CCc2ccccc2[C@H]1NC(=O)[C@@H]1CCCN1C(=O)[C@@H](NC(=O)[C@H](C)NC)C(C)(C)C)C(C)(C)C. The molecule has 2 heterocycles. The summed E-state index contributed by atoms with van der Waals surface area (Å²) in [5.41, 5.74) is 2.99. The van der Waals surface area contributed by atoms with Gasteiger partial charge in [-0.1, -0.05) is 102 Å². The van der Waals surface area contributed by atoms with E-state index in [2.05, 4.69) is 67.7 Å². The summed E-state index contributed by atoms with van der Waals surface area (Å²) >= 11 is 0. The molecule has 16 nitrogen and oxygen atoms in total. The zero-order chi connectivity index (χ0) is 52.3. The lowest BCUT2D eigenvalue weighted by molar-refractivity contribution is -0.144. The highest BCUT2D eigenvalue weighted by molar-refractivity contribution is 5.95. The lowest BCUT2D eigenvalue weighted by atomic mass is 9.85. The Morgan fingerprint density at radius 2 is 0.972 bits per heavy atom. The van der Waals surface area contributed by atoms with Gasteiger partial charge in [-0.3, -0.25) is 28.8 Å². The monoisotopic (exact) mass is 991 g/mol. The molecule has 4 aliphatic rings. The Morgan fingerprint density at radius 1 is 0.597 bits per heavy atom. The second-order valence-corrected chi connectivity index (χ2v) is 21.8. The van der Waals surface area contributed by atoms with Crippen molar-refractivity contribution in [1.82, 2.24) is 41.7 Å². The van der Waals surface area contributed by atoms with Gasteiger partial charge in [0, 0.05) is 13.1 Å². The van der Waals surface area contributed by atoms with Gasteiger partial charge in [-0.15, -0.1) is 0 Å². The van der Waals surface area contributed by atoms with Crippen LogP contribution in [0, 0.1) is 34.5 Å². The van der Waals surface area contributed by atoms with E-state index in [9.17, 15) is 28.8 Å². The van der Waals surface area contributed by atoms with Gasteiger partial charge in [0.2, 0.25) is 35.4 Å². The van der Waals surface area contributed by atoms with Gasteiger partial charge >= 0.3 is 0 Å². The number of nitrogens with zero attached hydrogens (tertiary/aromatic N) is 2. The minimum atomic E-state index is -0.820. The third-order valence-corrected chi connectivity index (χ3v) is 14.6. The van der Waals surface area contributed by atoms with Gasteiger partial charge in [-0.05, 0) is 124 Å². The summed E-state index contributed by atoms with van der Waals surface area (Å²) < 4.78 is 12.7. The second kappa shape index (κ2) is 24.8. The van der Waals surface area contributed by atoms with Crippen LogP contribution in [0.1, 0.15) is 128 Å². The number of likely N-dealkylation sites (N-methyl/N-ethyl adjacent to an activating group) is 2. The van der Waals surface area contributed by atoms with Crippen LogP contribution >= 0.6 is 0 Å². The number of aryl methyl sites for hydroxylation is 2. The van der Waals surface area contributed by atoms with Crippen LogP contribution in [0.25, 0.3) is 0 Å². The van der Waals surface area contributed by atoms with E-state index in [4.69, 9.17) is 9.47 Å². The molecule has 2 aliphatic carbocycles. The average Bonchev–Trinajstić information content (AvgIpc) is 4.07. The smallest absolute Gasteiger partial charge is 0.246 e. The normalized spacial score (nSPS) is 23.3. The first-order valence-electron chi connectivity index (χ1n) is 25.8. The summed E-state index contributed by atoms with van der Waals surface area (Å²) in [6.07, 6.45) is 4.42. The van der Waals surface area contributed by atoms with Gasteiger partial charge in [0.25, 0.3) is 0 Å². The molecule has 2 aliphatic heterocycles. The van der Waals surface area contributed by atoms with E-state index in [0.29, 0.717) is 51.6 Å². The van der Waals surface area contributed by atoms with Crippen LogP contribution in [0.4, 0.5) is 0 Å². The molecule has 6 rings (SSSR count). The van der Waals surface area contributed by atoms with E-state index in [0.717, 1.165) is 35.1 Å². The molecule has 0 unspecified atom stereocenters. The highest BCUT2D eigenvalue weighted by Gasteiger charge is 2.45. The molecule has 6 amide bonds. The summed E-state index contributed by atoms with van der Waals surface area (Å²) in [7, 11) is 3.38. The number of benzene rings is 2. The molecule has 2 aromatic carbocycles. The predicted octanol–water partition coefficient (Wildman–Crippen LogP) is 3.63. The first-order chi connectivity index (χ1) is 34.2. The molecule has 10 atom stereocenters. The first kappa shape index (κ1) is 55.5. The third-order valence-electron chi connectivity index (χ3n) is 14.6. The maximum absolute atomic E-state index is 14.2. The highest BCUT2D eigenvalue weighted by Crippen LogP contribution is 2.35. The van der Waals surface area contributed by atoms with Crippen molar-refractivity contribution in [1.29, 1.82) is 0 Å². The van der Waals surface area contributed by atoms with E-state index < -0.39 is 59.2 Å². The average molecular weight is 991 g/mol. The van der Waals surface area contributed by atoms with Crippen LogP contribution in [0.3, 0.4) is 0 Å². The molecule has 6 N–H and O–H groups in total. The zero-order valence-corrected chi connectivity index (χ0v) is 44.0. The largest absolute Gasteiger partial charge is 0.363 e. The van der Waals surface area contributed by atoms with Crippen molar-refractivity contribution in [3.05, 3.63) is 70.8 Å². The van der Waals surface area contributed by atoms with E-state index in [-0.39, 0.29) is 60.9 Å². The number of amides is 6. The minimum Gasteiger partial charge on any atom is -0.363 e. The van der Waals surface area contributed by atoms with Crippen LogP contribution in [-0.4, -0.2) is 134 Å². The van der Waals surface area contributed by atoms with E-state index >= 15 is 0 Å². The van der Waals surface area contributed by atoms with Crippen LogP contribution < -0.4 is 31.9 Å². The van der Waals surface area contributed by atoms with Gasteiger partial charge in [0.15, 0.2) is 0 Å². The second-order valence-electron chi connectivity index (χ2n) is 21.8.